The zero-order chi connectivity index (χ0) is 3.58. The van der Waals surface area contributed by atoms with E-state index in [9.17, 15) is 0 Å². The van der Waals surface area contributed by atoms with Crippen molar-refractivity contribution in [2.75, 3.05) is 0 Å². The van der Waals surface area contributed by atoms with Gasteiger partial charge in [-0.3, -0.25) is 0 Å². The molecule has 5 heteroatoms. The molecule has 0 aromatic carbocycles. The van der Waals surface area contributed by atoms with E-state index in [0.717, 1.165) is 0 Å². The first-order valence-corrected chi connectivity index (χ1v) is 1.96. The summed E-state index contributed by atoms with van der Waals surface area (Å²) in [6.45, 7) is 0. The van der Waals surface area contributed by atoms with Gasteiger partial charge in [0.25, 0.3) is 0 Å². The van der Waals surface area contributed by atoms with E-state index >= 15 is 0 Å². The van der Waals surface area contributed by atoms with Gasteiger partial charge >= 0.3 is 29.6 Å². The summed E-state index contributed by atoms with van der Waals surface area (Å²) < 4.78 is -0.750. The van der Waals surface area contributed by atoms with Crippen molar-refractivity contribution in [1.82, 2.24) is 0 Å². The van der Waals surface area contributed by atoms with Gasteiger partial charge in [-0.1, -0.05) is 34.8 Å². The van der Waals surface area contributed by atoms with E-state index < -0.39 is 4.30 Å². The summed E-state index contributed by atoms with van der Waals surface area (Å²) in [6, 6.07) is 0. The van der Waals surface area contributed by atoms with Crippen LogP contribution >= 0.6 is 34.8 Å². The van der Waals surface area contributed by atoms with Crippen LogP contribution in [0.4, 0.5) is 0 Å². The fraction of sp³-hybridized carbons (Fsp3) is 1.00. The predicted octanol–water partition coefficient (Wildman–Crippen LogP) is 0.513. The van der Waals surface area contributed by atoms with Crippen LogP contribution in [-0.2, 0) is 0 Å². The van der Waals surface area contributed by atoms with Gasteiger partial charge in [0.05, 0.1) is 0 Å². The first-order valence-electron chi connectivity index (χ1n) is 0.655. The number of halogens is 3. The van der Waals surface area contributed by atoms with Crippen molar-refractivity contribution in [3.8, 4) is 0 Å². The van der Waals surface area contributed by atoms with Crippen LogP contribution in [0.1, 0.15) is 0 Å². The molecule has 6 heavy (non-hydrogen) atoms. The summed E-state index contributed by atoms with van der Waals surface area (Å²) >= 11 is 14.4. The minimum absolute atomic E-state index is 0. The van der Waals surface area contributed by atoms with Crippen LogP contribution < -0.4 is 0 Å². The van der Waals surface area contributed by atoms with Crippen molar-refractivity contribution in [3.63, 3.8) is 0 Å². The number of hydrogen-bond acceptors (Lipinski definition) is 0. The Bertz CT molecular complexity index is 15.5. The van der Waals surface area contributed by atoms with Gasteiger partial charge in [0.2, 0.25) is 0 Å². The van der Waals surface area contributed by atoms with Crippen LogP contribution in [0.2, 0.25) is 0 Å². The second kappa shape index (κ2) is 9.95. The third-order valence-electron chi connectivity index (χ3n) is 0. The molecule has 36 valence electrons. The molecule has 0 unspecified atom stereocenters. The number of rotatable bonds is 0. The molecule has 0 atom stereocenters. The normalized spacial score (nSPS) is 6.00. The van der Waals surface area contributed by atoms with Gasteiger partial charge < -0.3 is 5.48 Å². The van der Waals surface area contributed by atoms with Crippen molar-refractivity contribution in [2.24, 2.45) is 0 Å². The fourth-order valence-electron chi connectivity index (χ4n) is 0. The first kappa shape index (κ1) is 15.7. The Morgan fingerprint density at radius 3 is 1.00 bits per heavy atom. The van der Waals surface area contributed by atoms with Crippen molar-refractivity contribution >= 4 is 64.4 Å². The summed E-state index contributed by atoms with van der Waals surface area (Å²) in [7, 11) is 0. The fourth-order valence-corrected chi connectivity index (χ4v) is 0. The van der Waals surface area contributed by atoms with E-state index in [4.69, 9.17) is 34.8 Å². The molecule has 0 radical (unpaired) electrons. The molecule has 2 N–H and O–H groups in total. The maximum absolute atomic E-state index is 4.81. The van der Waals surface area contributed by atoms with E-state index in [-0.39, 0.29) is 35.0 Å². The molecule has 0 saturated heterocycles. The molecule has 0 spiro atoms. The molecule has 0 saturated carbocycles. The second-order valence-electron chi connectivity index (χ2n) is 0.247. The number of hydrogen-bond donors (Lipinski definition) is 0. The Kier molecular flexibility index (Phi) is 26.0. The third-order valence-corrected chi connectivity index (χ3v) is 0. The van der Waals surface area contributed by atoms with Crippen LogP contribution in [0.3, 0.4) is 0 Å². The monoisotopic (exact) mass is 160 g/mol. The predicted molar refractivity (Wildman–Crippen MR) is 32.1 cm³/mol. The van der Waals surface area contributed by atoms with E-state index in [1.807, 2.05) is 0 Å². The second-order valence-corrected chi connectivity index (χ2v) is 2.23. The Morgan fingerprint density at radius 2 is 1.00 bits per heavy atom. The molecule has 0 aromatic heterocycles. The van der Waals surface area contributed by atoms with Crippen molar-refractivity contribution in [1.29, 1.82) is 0 Å². The Morgan fingerprint density at radius 1 is 1.00 bits per heavy atom. The van der Waals surface area contributed by atoms with Gasteiger partial charge in [-0.15, -0.1) is 0 Å². The maximum atomic E-state index is 4.81. The van der Waals surface area contributed by atoms with Crippen LogP contribution in [0.5, 0.6) is 0 Å². The van der Waals surface area contributed by atoms with Crippen LogP contribution in [0.15, 0.2) is 0 Å². The Hall–Kier alpha value is 1.83. The molecule has 0 aliphatic carbocycles. The van der Waals surface area contributed by atoms with E-state index in [1.165, 1.54) is 0 Å². The SMILES string of the molecule is ClC(Cl)Cl.O.[NaH]. The van der Waals surface area contributed by atoms with Crippen LogP contribution in [0.25, 0.3) is 0 Å². The molecule has 0 aliphatic heterocycles. The molecule has 1 nitrogen and oxygen atoms in total. The zero-order valence-electron chi connectivity index (χ0n) is 2.21. The van der Waals surface area contributed by atoms with Gasteiger partial charge in [-0.2, -0.15) is 0 Å². The average molecular weight is 161 g/mol. The molecular weight excluding hydrogens is 157 g/mol. The summed E-state index contributed by atoms with van der Waals surface area (Å²) in [6.07, 6.45) is 0. The zero-order valence-corrected chi connectivity index (χ0v) is 4.48. The molecule has 0 bridgehead atoms. The quantitative estimate of drug-likeness (QED) is 0.366. The summed E-state index contributed by atoms with van der Waals surface area (Å²) in [5.74, 6) is 0. The topological polar surface area (TPSA) is 31.5 Å². The van der Waals surface area contributed by atoms with E-state index in [1.54, 1.807) is 0 Å². The van der Waals surface area contributed by atoms with Crippen LogP contribution in [-0.4, -0.2) is 39.3 Å². The molecule has 0 rings (SSSR count). The van der Waals surface area contributed by atoms with Gasteiger partial charge in [0, 0.05) is 0 Å². The molecule has 0 aliphatic rings. The molecular formula is CH4Cl3NaO. The van der Waals surface area contributed by atoms with Crippen molar-refractivity contribution < 1.29 is 5.48 Å². The minimum atomic E-state index is -0.750. The Balaban J connectivity index is -0.0000000450. The first-order chi connectivity index (χ1) is 1.73. The molecule has 0 fully saturated rings. The third kappa shape index (κ3) is 40.6. The van der Waals surface area contributed by atoms with Gasteiger partial charge in [0.15, 0.2) is 4.30 Å². The van der Waals surface area contributed by atoms with Crippen LogP contribution in [0, 0.1) is 0 Å². The molecule has 0 heterocycles. The van der Waals surface area contributed by atoms with Gasteiger partial charge in [-0.05, 0) is 0 Å². The van der Waals surface area contributed by atoms with Gasteiger partial charge in [0.1, 0.15) is 0 Å². The van der Waals surface area contributed by atoms with E-state index in [0.29, 0.717) is 0 Å². The number of alkyl halides is 3. The van der Waals surface area contributed by atoms with Crippen molar-refractivity contribution in [3.05, 3.63) is 0 Å². The standard InChI is InChI=1S/CHCl3.Na.H2O.H/c2-1(3)4;;;/h1H;;1H2;. The summed E-state index contributed by atoms with van der Waals surface area (Å²) in [4.78, 5) is 0. The molecule has 0 amide bonds. The van der Waals surface area contributed by atoms with Crippen molar-refractivity contribution in [2.45, 2.75) is 4.30 Å². The Labute approximate surface area is 73.5 Å². The average Bonchev–Trinajstić information content (AvgIpc) is 0.811. The summed E-state index contributed by atoms with van der Waals surface area (Å²) in [5, 5.41) is 0. The van der Waals surface area contributed by atoms with Gasteiger partial charge in [-0.25, -0.2) is 0 Å². The summed E-state index contributed by atoms with van der Waals surface area (Å²) in [5.41, 5.74) is 0. The molecule has 0 aromatic rings. The van der Waals surface area contributed by atoms with E-state index in [2.05, 4.69) is 0 Å².